The minimum absolute atomic E-state index is 0.0567. The van der Waals surface area contributed by atoms with Gasteiger partial charge in [-0.05, 0) is 59.7 Å². The van der Waals surface area contributed by atoms with Gasteiger partial charge in [0.05, 0.1) is 11.3 Å². The molecule has 0 saturated heterocycles. The molecular formula is C25H15ClFNO2. The first-order valence-electron chi connectivity index (χ1n) is 9.20. The number of hydrogen-bond acceptors (Lipinski definition) is 2. The monoisotopic (exact) mass is 415 g/mol. The lowest BCUT2D eigenvalue weighted by Gasteiger charge is -2.18. The van der Waals surface area contributed by atoms with Gasteiger partial charge in [0.1, 0.15) is 5.82 Å². The standard InChI is InChI=1S/C25H15ClFNO2/c26-19-9-4-18(5-10-19)15-22-24(29)21-14-17(8-13-23(21)28-25(22)30)3-1-2-16-6-11-20(27)12-7-16/h4-15H,2H2,(H,28,30). The van der Waals surface area contributed by atoms with Crippen molar-refractivity contribution in [2.45, 2.75) is 6.42 Å². The number of benzene rings is 3. The van der Waals surface area contributed by atoms with Gasteiger partial charge in [0.15, 0.2) is 0 Å². The minimum atomic E-state index is -0.447. The largest absolute Gasteiger partial charge is 0.321 e. The van der Waals surface area contributed by atoms with E-state index in [2.05, 4.69) is 17.2 Å². The molecule has 1 N–H and O–H groups in total. The molecule has 0 unspecified atom stereocenters. The molecule has 3 aromatic carbocycles. The van der Waals surface area contributed by atoms with E-state index in [-0.39, 0.29) is 17.2 Å². The fourth-order valence-electron chi connectivity index (χ4n) is 3.06. The van der Waals surface area contributed by atoms with Crippen LogP contribution in [-0.4, -0.2) is 11.7 Å². The molecule has 1 amide bonds. The molecule has 0 fully saturated rings. The second-order valence-electron chi connectivity index (χ2n) is 6.76. The van der Waals surface area contributed by atoms with E-state index in [1.165, 1.54) is 12.1 Å². The molecule has 30 heavy (non-hydrogen) atoms. The summed E-state index contributed by atoms with van der Waals surface area (Å²) in [5.74, 6) is 4.95. The third-order valence-electron chi connectivity index (χ3n) is 4.62. The molecule has 1 aliphatic heterocycles. The Morgan fingerprint density at radius 1 is 0.967 bits per heavy atom. The topological polar surface area (TPSA) is 46.2 Å². The van der Waals surface area contributed by atoms with Crippen molar-refractivity contribution in [3.63, 3.8) is 0 Å². The first-order chi connectivity index (χ1) is 14.5. The molecule has 5 heteroatoms. The summed E-state index contributed by atoms with van der Waals surface area (Å²) < 4.78 is 13.0. The predicted octanol–water partition coefficient (Wildman–Crippen LogP) is 5.29. The Balaban J connectivity index is 1.59. The second kappa shape index (κ2) is 8.36. The Hall–Kier alpha value is -3.68. The van der Waals surface area contributed by atoms with Crippen molar-refractivity contribution in [2.75, 3.05) is 5.32 Å². The van der Waals surface area contributed by atoms with E-state index in [0.717, 1.165) is 5.56 Å². The maximum absolute atomic E-state index is 13.0. The van der Waals surface area contributed by atoms with Crippen LogP contribution in [0.5, 0.6) is 0 Å². The highest BCUT2D eigenvalue weighted by Crippen LogP contribution is 2.27. The zero-order valence-electron chi connectivity index (χ0n) is 15.7. The summed E-state index contributed by atoms with van der Waals surface area (Å²) in [6, 6.07) is 18.1. The number of fused-ring (bicyclic) bond motifs is 1. The lowest BCUT2D eigenvalue weighted by molar-refractivity contribution is -0.112. The molecule has 0 bridgehead atoms. The quantitative estimate of drug-likeness (QED) is 0.351. The highest BCUT2D eigenvalue weighted by Gasteiger charge is 2.28. The van der Waals surface area contributed by atoms with Gasteiger partial charge in [-0.2, -0.15) is 0 Å². The zero-order chi connectivity index (χ0) is 21.1. The molecule has 3 nitrogen and oxygen atoms in total. The molecule has 0 aliphatic carbocycles. The van der Waals surface area contributed by atoms with Crippen molar-refractivity contribution in [3.8, 4) is 11.8 Å². The van der Waals surface area contributed by atoms with E-state index >= 15 is 0 Å². The van der Waals surface area contributed by atoms with Crippen LogP contribution in [-0.2, 0) is 11.2 Å². The Morgan fingerprint density at radius 2 is 1.70 bits per heavy atom. The van der Waals surface area contributed by atoms with Crippen LogP contribution in [0, 0.1) is 17.7 Å². The van der Waals surface area contributed by atoms with Crippen LogP contribution in [0.4, 0.5) is 10.1 Å². The van der Waals surface area contributed by atoms with Crippen molar-refractivity contribution < 1.29 is 14.0 Å². The van der Waals surface area contributed by atoms with Gasteiger partial charge < -0.3 is 5.32 Å². The van der Waals surface area contributed by atoms with Gasteiger partial charge in [0.25, 0.3) is 5.91 Å². The van der Waals surface area contributed by atoms with Crippen molar-refractivity contribution in [3.05, 3.63) is 105 Å². The van der Waals surface area contributed by atoms with Crippen LogP contribution < -0.4 is 5.32 Å². The maximum atomic E-state index is 13.0. The zero-order valence-corrected chi connectivity index (χ0v) is 16.5. The lowest BCUT2D eigenvalue weighted by atomic mass is 9.94. The van der Waals surface area contributed by atoms with E-state index in [0.29, 0.717) is 33.8 Å². The summed E-state index contributed by atoms with van der Waals surface area (Å²) in [6.07, 6.45) is 2.01. The fraction of sp³-hybridized carbons (Fsp3) is 0.0400. The third-order valence-corrected chi connectivity index (χ3v) is 4.87. The van der Waals surface area contributed by atoms with Gasteiger partial charge in [0, 0.05) is 22.6 Å². The molecule has 1 heterocycles. The SMILES string of the molecule is O=C1Nc2ccc(C#CCc3ccc(F)cc3)cc2C(=O)C1=Cc1ccc(Cl)cc1. The third kappa shape index (κ3) is 4.32. The van der Waals surface area contributed by atoms with Gasteiger partial charge in [-0.25, -0.2) is 4.39 Å². The summed E-state index contributed by atoms with van der Waals surface area (Å²) in [5.41, 5.74) is 3.17. The normalized spacial score (nSPS) is 14.0. The average Bonchev–Trinajstić information content (AvgIpc) is 2.74. The summed E-state index contributed by atoms with van der Waals surface area (Å²) in [6.45, 7) is 0. The second-order valence-corrected chi connectivity index (χ2v) is 7.19. The Morgan fingerprint density at radius 3 is 2.43 bits per heavy atom. The Bertz CT molecular complexity index is 1230. The van der Waals surface area contributed by atoms with Crippen molar-refractivity contribution in [2.24, 2.45) is 0 Å². The molecule has 0 aromatic heterocycles. The number of amides is 1. The molecule has 3 aromatic rings. The van der Waals surface area contributed by atoms with Crippen LogP contribution in [0.1, 0.15) is 27.0 Å². The molecular weight excluding hydrogens is 401 g/mol. The van der Waals surface area contributed by atoms with E-state index in [4.69, 9.17) is 11.6 Å². The number of anilines is 1. The number of halogens is 2. The van der Waals surface area contributed by atoms with E-state index < -0.39 is 5.91 Å². The summed E-state index contributed by atoms with van der Waals surface area (Å²) in [5, 5.41) is 3.32. The van der Waals surface area contributed by atoms with Crippen LogP contribution in [0.3, 0.4) is 0 Å². The molecule has 0 radical (unpaired) electrons. The average molecular weight is 416 g/mol. The summed E-state index contributed by atoms with van der Waals surface area (Å²) in [4.78, 5) is 25.3. The molecule has 0 spiro atoms. The molecule has 146 valence electrons. The van der Waals surface area contributed by atoms with Crippen LogP contribution in [0.25, 0.3) is 6.08 Å². The lowest BCUT2D eigenvalue weighted by Crippen LogP contribution is -2.27. The Kier molecular flexibility index (Phi) is 5.47. The highest BCUT2D eigenvalue weighted by atomic mass is 35.5. The molecule has 4 rings (SSSR count). The van der Waals surface area contributed by atoms with Gasteiger partial charge >= 0.3 is 0 Å². The smallest absolute Gasteiger partial charge is 0.259 e. The number of ketones is 1. The molecule has 1 aliphatic rings. The number of carbonyl (C=O) groups excluding carboxylic acids is 2. The fourth-order valence-corrected chi connectivity index (χ4v) is 3.19. The van der Waals surface area contributed by atoms with Crippen molar-refractivity contribution >= 4 is 35.1 Å². The van der Waals surface area contributed by atoms with Crippen LogP contribution >= 0.6 is 11.6 Å². The van der Waals surface area contributed by atoms with Gasteiger partial charge in [-0.15, -0.1) is 0 Å². The van der Waals surface area contributed by atoms with E-state index in [1.807, 2.05) is 0 Å². The van der Waals surface area contributed by atoms with E-state index in [9.17, 15) is 14.0 Å². The van der Waals surface area contributed by atoms with Gasteiger partial charge in [-0.3, -0.25) is 9.59 Å². The van der Waals surface area contributed by atoms with E-state index in [1.54, 1.807) is 60.7 Å². The highest BCUT2D eigenvalue weighted by molar-refractivity contribution is 6.36. The maximum Gasteiger partial charge on any atom is 0.259 e. The predicted molar refractivity (Wildman–Crippen MR) is 116 cm³/mol. The van der Waals surface area contributed by atoms with Gasteiger partial charge in [-0.1, -0.05) is 47.7 Å². The molecule has 0 atom stereocenters. The van der Waals surface area contributed by atoms with Gasteiger partial charge in [0.2, 0.25) is 5.78 Å². The van der Waals surface area contributed by atoms with Crippen molar-refractivity contribution in [1.29, 1.82) is 0 Å². The van der Waals surface area contributed by atoms with Crippen LogP contribution in [0.2, 0.25) is 5.02 Å². The number of hydrogen-bond donors (Lipinski definition) is 1. The number of Topliss-reactive ketones (excluding diaryl/α,β-unsaturated/α-hetero) is 1. The van der Waals surface area contributed by atoms with Crippen molar-refractivity contribution in [1.82, 2.24) is 0 Å². The molecule has 0 saturated carbocycles. The number of nitrogens with one attached hydrogen (secondary N) is 1. The Labute approximate surface area is 178 Å². The van der Waals surface area contributed by atoms with Crippen LogP contribution in [0.15, 0.2) is 72.3 Å². The first kappa shape index (κ1) is 19.6. The first-order valence-corrected chi connectivity index (χ1v) is 9.58. The summed E-state index contributed by atoms with van der Waals surface area (Å²) in [7, 11) is 0. The number of carbonyl (C=O) groups is 2. The summed E-state index contributed by atoms with van der Waals surface area (Å²) >= 11 is 5.89. The minimum Gasteiger partial charge on any atom is -0.321 e. The number of rotatable bonds is 2.